The van der Waals surface area contributed by atoms with E-state index in [0.29, 0.717) is 0 Å². The predicted octanol–water partition coefficient (Wildman–Crippen LogP) is 0.0701. The van der Waals surface area contributed by atoms with Gasteiger partial charge in [0.1, 0.15) is 0 Å². The maximum atomic E-state index is 10.2. The van der Waals surface area contributed by atoms with Crippen LogP contribution in [0.5, 0.6) is 0 Å². The molecule has 4 heteroatoms. The van der Waals surface area contributed by atoms with Gasteiger partial charge >= 0.3 is 6.03 Å². The van der Waals surface area contributed by atoms with Gasteiger partial charge in [-0.15, -0.1) is 0 Å². The molecule has 3 N–H and O–H groups in total. The molecule has 0 bridgehead atoms. The van der Waals surface area contributed by atoms with E-state index in [4.69, 9.17) is 5.73 Å². The Morgan fingerprint density at radius 2 is 2.40 bits per heavy atom. The first kappa shape index (κ1) is 9.49. The molecule has 0 aromatic heterocycles. The molecule has 0 aromatic carbocycles. The molecule has 3 nitrogen and oxygen atoms in total. The summed E-state index contributed by atoms with van der Waals surface area (Å²) in [7, 11) is 0.185. The molecule has 0 rings (SSSR count). The highest BCUT2D eigenvalue weighted by atomic mass is 28.2. The first-order valence-corrected chi connectivity index (χ1v) is 5.80. The summed E-state index contributed by atoms with van der Waals surface area (Å²) >= 11 is 0. The average molecular weight is 160 g/mol. The number of carbonyl (C=O) groups is 1. The average Bonchev–Trinajstić information content (AvgIpc) is 1.87. The first-order chi connectivity index (χ1) is 4.77. The van der Waals surface area contributed by atoms with Crippen LogP contribution < -0.4 is 11.1 Å². The van der Waals surface area contributed by atoms with Crippen molar-refractivity contribution in [3.8, 4) is 0 Å². The van der Waals surface area contributed by atoms with Gasteiger partial charge in [0.15, 0.2) is 0 Å². The minimum atomic E-state index is -0.404. The van der Waals surface area contributed by atoms with E-state index in [1.54, 1.807) is 0 Å². The number of nitrogens with one attached hydrogen (secondary N) is 1. The molecule has 0 aliphatic rings. The van der Waals surface area contributed by atoms with Crippen molar-refractivity contribution in [3.05, 3.63) is 0 Å². The summed E-state index contributed by atoms with van der Waals surface area (Å²) < 4.78 is 0. The van der Waals surface area contributed by atoms with Crippen LogP contribution in [0, 0.1) is 0 Å². The zero-order valence-electron chi connectivity index (χ0n) is 6.52. The monoisotopic (exact) mass is 160 g/mol. The van der Waals surface area contributed by atoms with Crippen molar-refractivity contribution in [2.45, 2.75) is 25.4 Å². The molecule has 0 aliphatic heterocycles. The lowest BCUT2D eigenvalue weighted by Crippen LogP contribution is -2.30. The fraction of sp³-hybridized carbons (Fsp3) is 0.833. The van der Waals surface area contributed by atoms with E-state index in [0.717, 1.165) is 13.0 Å². The summed E-state index contributed by atoms with van der Waals surface area (Å²) in [5.74, 6) is 0. The number of primary amides is 1. The number of rotatable bonds is 5. The molecule has 0 fully saturated rings. The van der Waals surface area contributed by atoms with Crippen LogP contribution in [-0.2, 0) is 0 Å². The molecule has 0 unspecified atom stereocenters. The number of hydrogen-bond donors (Lipinski definition) is 2. The van der Waals surface area contributed by atoms with Crippen LogP contribution >= 0.6 is 0 Å². The zero-order valence-corrected chi connectivity index (χ0v) is 7.94. The van der Waals surface area contributed by atoms with Crippen molar-refractivity contribution in [2.24, 2.45) is 5.73 Å². The predicted molar refractivity (Wildman–Crippen MR) is 46.0 cm³/mol. The summed E-state index contributed by atoms with van der Waals surface area (Å²) in [6, 6.07) is 2.27. The van der Waals surface area contributed by atoms with E-state index in [2.05, 4.69) is 12.2 Å². The Morgan fingerprint density at radius 3 is 2.90 bits per heavy atom. The van der Waals surface area contributed by atoms with Crippen molar-refractivity contribution < 1.29 is 4.79 Å². The Labute approximate surface area is 64.2 Å². The molecule has 0 radical (unpaired) electrons. The van der Waals surface area contributed by atoms with Gasteiger partial charge in [0, 0.05) is 16.1 Å². The molecule has 2 amide bonds. The summed E-state index contributed by atoms with van der Waals surface area (Å²) in [6.07, 6.45) is 1.10. The SMILES string of the molecule is CC[SiH2]CCCNC(N)=O. The Balaban J connectivity index is 2.84. The summed E-state index contributed by atoms with van der Waals surface area (Å²) in [6.45, 7) is 2.97. The fourth-order valence-corrected chi connectivity index (χ4v) is 1.87. The molecule has 0 saturated carbocycles. The van der Waals surface area contributed by atoms with Crippen molar-refractivity contribution in [2.75, 3.05) is 6.54 Å². The molecule has 60 valence electrons. The Hall–Kier alpha value is -0.513. The number of urea groups is 1. The minimum Gasteiger partial charge on any atom is -0.352 e. The third-order valence-electron chi connectivity index (χ3n) is 1.33. The van der Waals surface area contributed by atoms with Gasteiger partial charge in [0.05, 0.1) is 0 Å². The number of amides is 2. The second kappa shape index (κ2) is 6.60. The number of carbonyl (C=O) groups excluding carboxylic acids is 1. The van der Waals surface area contributed by atoms with Crippen LogP contribution in [0.1, 0.15) is 13.3 Å². The highest BCUT2D eigenvalue weighted by Crippen LogP contribution is 1.88. The van der Waals surface area contributed by atoms with Crippen molar-refractivity contribution in [1.29, 1.82) is 0 Å². The maximum absolute atomic E-state index is 10.2. The van der Waals surface area contributed by atoms with E-state index in [1.165, 1.54) is 12.1 Å². The van der Waals surface area contributed by atoms with Gasteiger partial charge in [0.25, 0.3) is 0 Å². The molecule has 0 atom stereocenters. The van der Waals surface area contributed by atoms with Gasteiger partial charge < -0.3 is 11.1 Å². The highest BCUT2D eigenvalue weighted by molar-refractivity contribution is 6.35. The standard InChI is InChI=1S/C6H16N2OSi/c1-2-10-5-3-4-8-6(7)9/h2-5,10H2,1H3,(H3,7,8,9). The lowest BCUT2D eigenvalue weighted by Gasteiger charge is -1.98. The van der Waals surface area contributed by atoms with Crippen molar-refractivity contribution >= 4 is 15.6 Å². The topological polar surface area (TPSA) is 55.1 Å². The van der Waals surface area contributed by atoms with Crippen LogP contribution in [0.2, 0.25) is 12.1 Å². The third kappa shape index (κ3) is 7.49. The smallest absolute Gasteiger partial charge is 0.312 e. The van der Waals surface area contributed by atoms with Gasteiger partial charge in [-0.2, -0.15) is 0 Å². The van der Waals surface area contributed by atoms with Crippen LogP contribution in [0.25, 0.3) is 0 Å². The molecule has 0 aliphatic carbocycles. The van der Waals surface area contributed by atoms with E-state index in [-0.39, 0.29) is 9.52 Å². The zero-order chi connectivity index (χ0) is 7.82. The summed E-state index contributed by atoms with van der Waals surface area (Å²) in [5.41, 5.74) is 4.87. The Morgan fingerprint density at radius 1 is 1.70 bits per heavy atom. The summed E-state index contributed by atoms with van der Waals surface area (Å²) in [4.78, 5) is 10.2. The van der Waals surface area contributed by atoms with Gasteiger partial charge in [-0.1, -0.05) is 19.0 Å². The van der Waals surface area contributed by atoms with Crippen LogP contribution in [0.15, 0.2) is 0 Å². The quantitative estimate of drug-likeness (QED) is 0.434. The summed E-state index contributed by atoms with van der Waals surface area (Å²) in [5, 5.41) is 2.57. The Kier molecular flexibility index (Phi) is 6.27. The molecule has 10 heavy (non-hydrogen) atoms. The third-order valence-corrected chi connectivity index (χ3v) is 3.04. The van der Waals surface area contributed by atoms with E-state index < -0.39 is 6.03 Å². The second-order valence-corrected chi connectivity index (χ2v) is 4.77. The molecule has 0 aromatic rings. The van der Waals surface area contributed by atoms with E-state index in [9.17, 15) is 4.79 Å². The second-order valence-electron chi connectivity index (χ2n) is 2.35. The van der Waals surface area contributed by atoms with Gasteiger partial charge in [0.2, 0.25) is 0 Å². The van der Waals surface area contributed by atoms with Crippen molar-refractivity contribution in [3.63, 3.8) is 0 Å². The van der Waals surface area contributed by atoms with Gasteiger partial charge in [-0.25, -0.2) is 4.79 Å². The van der Waals surface area contributed by atoms with Crippen LogP contribution in [0.3, 0.4) is 0 Å². The highest BCUT2D eigenvalue weighted by Gasteiger charge is 1.90. The maximum Gasteiger partial charge on any atom is 0.312 e. The number of nitrogens with two attached hydrogens (primary N) is 1. The molecule has 0 heterocycles. The molecular formula is C6H16N2OSi. The molecule has 0 spiro atoms. The molecular weight excluding hydrogens is 144 g/mol. The van der Waals surface area contributed by atoms with Gasteiger partial charge in [-0.05, 0) is 6.42 Å². The van der Waals surface area contributed by atoms with Crippen LogP contribution in [0.4, 0.5) is 4.79 Å². The normalized spacial score (nSPS) is 10.5. The number of hydrogen-bond acceptors (Lipinski definition) is 1. The lowest BCUT2D eigenvalue weighted by molar-refractivity contribution is 0.249. The Bertz CT molecular complexity index is 97.7. The van der Waals surface area contributed by atoms with Crippen molar-refractivity contribution in [1.82, 2.24) is 5.32 Å². The van der Waals surface area contributed by atoms with E-state index >= 15 is 0 Å². The first-order valence-electron chi connectivity index (χ1n) is 3.80. The largest absolute Gasteiger partial charge is 0.352 e. The van der Waals surface area contributed by atoms with E-state index in [1.807, 2.05) is 0 Å². The lowest BCUT2D eigenvalue weighted by atomic mass is 10.5. The fourth-order valence-electron chi connectivity index (χ4n) is 0.763. The van der Waals surface area contributed by atoms with Crippen LogP contribution in [-0.4, -0.2) is 22.1 Å². The molecule has 0 saturated heterocycles. The van der Waals surface area contributed by atoms with Gasteiger partial charge in [-0.3, -0.25) is 0 Å². The minimum absolute atomic E-state index is 0.185.